The molecule has 0 aliphatic rings. The highest BCUT2D eigenvalue weighted by Gasteiger charge is 2.19. The number of rotatable bonds is 1. The van der Waals surface area contributed by atoms with Gasteiger partial charge in [-0.2, -0.15) is 0 Å². The lowest BCUT2D eigenvalue weighted by atomic mass is 10.1. The molecular formula is C14H11FN2O2S. The Morgan fingerprint density at radius 2 is 2.15 bits per heavy atom. The fourth-order valence-corrected chi connectivity index (χ4v) is 3.37. The summed E-state index contributed by atoms with van der Waals surface area (Å²) < 4.78 is 19.1. The number of thiophene rings is 1. The zero-order valence-corrected chi connectivity index (χ0v) is 11.7. The van der Waals surface area contributed by atoms with Crippen LogP contribution >= 0.6 is 11.3 Å². The van der Waals surface area contributed by atoms with Gasteiger partial charge in [0.1, 0.15) is 10.7 Å². The lowest BCUT2D eigenvalue weighted by Crippen LogP contribution is -2.01. The van der Waals surface area contributed by atoms with Gasteiger partial charge in [0.2, 0.25) is 0 Å². The number of nitrogens with zero attached hydrogens (tertiary/aromatic N) is 1. The summed E-state index contributed by atoms with van der Waals surface area (Å²) in [4.78, 5) is 16.3. The Morgan fingerprint density at radius 3 is 2.85 bits per heavy atom. The first-order valence-corrected chi connectivity index (χ1v) is 6.69. The number of pyridine rings is 1. The Balaban J connectivity index is 2.45. The summed E-state index contributed by atoms with van der Waals surface area (Å²) in [5.41, 5.74) is 7.73. The molecule has 0 unspecified atom stereocenters. The van der Waals surface area contributed by atoms with Gasteiger partial charge in [0.15, 0.2) is 0 Å². The molecule has 4 nitrogen and oxygen atoms in total. The molecule has 2 N–H and O–H groups in total. The fraction of sp³-hybridized carbons (Fsp3) is 0.143. The minimum absolute atomic E-state index is 0.318. The number of aryl methyl sites for hydroxylation is 1. The number of hydrogen-bond acceptors (Lipinski definition) is 5. The third-order valence-corrected chi connectivity index (χ3v) is 4.42. The second-order valence-corrected chi connectivity index (χ2v) is 5.48. The molecular weight excluding hydrogens is 279 g/mol. The standard InChI is InChI=1S/C14H11FN2O2S/c1-6-3-7(15)4-8-11(6)17-5-9-10(16)13(14(18)19-2)20-12(8)9/h3-5H,16H2,1-2H3. The van der Waals surface area contributed by atoms with Crippen LogP contribution < -0.4 is 5.73 Å². The van der Waals surface area contributed by atoms with Crippen molar-refractivity contribution in [3.05, 3.63) is 34.6 Å². The molecule has 0 radical (unpaired) electrons. The molecule has 3 rings (SSSR count). The maximum atomic E-state index is 13.6. The van der Waals surface area contributed by atoms with Crippen LogP contribution in [-0.2, 0) is 4.74 Å². The highest BCUT2D eigenvalue weighted by Crippen LogP contribution is 2.38. The molecule has 0 aliphatic carbocycles. The second-order valence-electron chi connectivity index (χ2n) is 4.46. The van der Waals surface area contributed by atoms with Crippen molar-refractivity contribution >= 4 is 44.0 Å². The number of fused-ring (bicyclic) bond motifs is 3. The number of carbonyl (C=O) groups is 1. The molecule has 0 amide bonds. The van der Waals surface area contributed by atoms with Crippen molar-refractivity contribution in [3.63, 3.8) is 0 Å². The third-order valence-electron chi connectivity index (χ3n) is 3.19. The largest absolute Gasteiger partial charge is 0.465 e. The van der Waals surface area contributed by atoms with Gasteiger partial charge in [-0.05, 0) is 24.6 Å². The van der Waals surface area contributed by atoms with Gasteiger partial charge in [0.05, 0.1) is 18.3 Å². The zero-order valence-electron chi connectivity index (χ0n) is 10.9. The average molecular weight is 290 g/mol. The van der Waals surface area contributed by atoms with Crippen molar-refractivity contribution in [2.75, 3.05) is 12.8 Å². The van der Waals surface area contributed by atoms with Gasteiger partial charge in [-0.3, -0.25) is 4.98 Å². The molecule has 0 atom stereocenters. The number of carbonyl (C=O) groups excluding carboxylic acids is 1. The molecule has 0 saturated heterocycles. The molecule has 1 aromatic carbocycles. The molecule has 6 heteroatoms. The van der Waals surface area contributed by atoms with Gasteiger partial charge in [-0.25, -0.2) is 9.18 Å². The first-order valence-electron chi connectivity index (χ1n) is 5.88. The summed E-state index contributed by atoms with van der Waals surface area (Å²) in [6.07, 6.45) is 1.61. The van der Waals surface area contributed by atoms with E-state index in [9.17, 15) is 9.18 Å². The quantitative estimate of drug-likeness (QED) is 0.699. The van der Waals surface area contributed by atoms with Crippen LogP contribution in [0, 0.1) is 12.7 Å². The van der Waals surface area contributed by atoms with Crippen molar-refractivity contribution < 1.29 is 13.9 Å². The number of nitrogens with two attached hydrogens (primary N) is 1. The molecule has 0 spiro atoms. The summed E-state index contributed by atoms with van der Waals surface area (Å²) in [6, 6.07) is 2.84. The van der Waals surface area contributed by atoms with Gasteiger partial charge >= 0.3 is 5.97 Å². The van der Waals surface area contributed by atoms with Crippen molar-refractivity contribution in [3.8, 4) is 0 Å². The number of esters is 1. The van der Waals surface area contributed by atoms with Crippen LogP contribution in [0.4, 0.5) is 10.1 Å². The van der Waals surface area contributed by atoms with Crippen LogP contribution in [0.5, 0.6) is 0 Å². The van der Waals surface area contributed by atoms with Crippen LogP contribution in [0.2, 0.25) is 0 Å². The summed E-state index contributed by atoms with van der Waals surface area (Å²) >= 11 is 1.20. The van der Waals surface area contributed by atoms with E-state index in [4.69, 9.17) is 10.5 Å². The van der Waals surface area contributed by atoms with Crippen molar-refractivity contribution in [2.45, 2.75) is 6.92 Å². The van der Waals surface area contributed by atoms with Gasteiger partial charge < -0.3 is 10.5 Å². The van der Waals surface area contributed by atoms with E-state index in [1.807, 2.05) is 0 Å². The first kappa shape index (κ1) is 12.8. The Bertz CT molecular complexity index is 857. The highest BCUT2D eigenvalue weighted by molar-refractivity contribution is 7.22. The number of hydrogen-bond donors (Lipinski definition) is 1. The Morgan fingerprint density at radius 1 is 1.40 bits per heavy atom. The van der Waals surface area contributed by atoms with E-state index in [0.29, 0.717) is 26.9 Å². The number of halogens is 1. The van der Waals surface area contributed by atoms with E-state index < -0.39 is 5.97 Å². The SMILES string of the molecule is COC(=O)c1sc2c(cnc3c(C)cc(F)cc32)c1N. The van der Waals surface area contributed by atoms with Gasteiger partial charge in [0, 0.05) is 21.7 Å². The summed E-state index contributed by atoms with van der Waals surface area (Å²) in [5, 5.41) is 1.31. The Hall–Kier alpha value is -2.21. The molecule has 0 saturated carbocycles. The monoisotopic (exact) mass is 290 g/mol. The minimum Gasteiger partial charge on any atom is -0.465 e. The summed E-state index contributed by atoms with van der Waals surface area (Å²) in [6.45, 7) is 1.79. The zero-order chi connectivity index (χ0) is 14.4. The minimum atomic E-state index is -0.495. The lowest BCUT2D eigenvalue weighted by molar-refractivity contribution is 0.0607. The normalized spacial score (nSPS) is 11.2. The molecule has 2 heterocycles. The smallest absolute Gasteiger partial charge is 0.350 e. The molecule has 0 bridgehead atoms. The summed E-state index contributed by atoms with van der Waals surface area (Å²) in [7, 11) is 1.30. The van der Waals surface area contributed by atoms with E-state index >= 15 is 0 Å². The number of aromatic nitrogens is 1. The second kappa shape index (κ2) is 4.42. The van der Waals surface area contributed by atoms with Crippen molar-refractivity contribution in [1.29, 1.82) is 0 Å². The van der Waals surface area contributed by atoms with Crippen LogP contribution in [0.1, 0.15) is 15.2 Å². The summed E-state index contributed by atoms with van der Waals surface area (Å²) in [5.74, 6) is -0.833. The number of ether oxygens (including phenoxy) is 1. The van der Waals surface area contributed by atoms with Crippen LogP contribution in [0.15, 0.2) is 18.3 Å². The number of nitrogen functional groups attached to an aromatic ring is 1. The number of benzene rings is 1. The van der Waals surface area contributed by atoms with Crippen LogP contribution in [0.3, 0.4) is 0 Å². The highest BCUT2D eigenvalue weighted by atomic mass is 32.1. The van der Waals surface area contributed by atoms with E-state index in [-0.39, 0.29) is 5.82 Å². The van der Waals surface area contributed by atoms with Crippen molar-refractivity contribution in [2.24, 2.45) is 0 Å². The molecule has 0 fully saturated rings. The van der Waals surface area contributed by atoms with E-state index in [0.717, 1.165) is 10.3 Å². The van der Waals surface area contributed by atoms with E-state index in [1.165, 1.54) is 30.6 Å². The molecule has 102 valence electrons. The number of anilines is 1. The maximum absolute atomic E-state index is 13.6. The average Bonchev–Trinajstić information content (AvgIpc) is 2.76. The van der Waals surface area contributed by atoms with Crippen LogP contribution in [-0.4, -0.2) is 18.1 Å². The van der Waals surface area contributed by atoms with Gasteiger partial charge in [0.25, 0.3) is 0 Å². The van der Waals surface area contributed by atoms with Gasteiger partial charge in [-0.15, -0.1) is 11.3 Å². The predicted molar refractivity (Wildman–Crippen MR) is 77.6 cm³/mol. The Kier molecular flexibility index (Phi) is 2.83. The topological polar surface area (TPSA) is 65.2 Å². The number of methoxy groups -OCH3 is 1. The predicted octanol–water partition coefficient (Wildman–Crippen LogP) is 3.27. The fourth-order valence-electron chi connectivity index (χ4n) is 2.24. The first-order chi connectivity index (χ1) is 9.52. The Labute approximate surface area is 118 Å². The maximum Gasteiger partial charge on any atom is 0.350 e. The third kappa shape index (κ3) is 1.72. The van der Waals surface area contributed by atoms with Crippen molar-refractivity contribution in [1.82, 2.24) is 4.98 Å². The molecule has 20 heavy (non-hydrogen) atoms. The molecule has 3 aromatic rings. The molecule has 2 aromatic heterocycles. The van der Waals surface area contributed by atoms with E-state index in [1.54, 1.807) is 13.1 Å². The van der Waals surface area contributed by atoms with Gasteiger partial charge in [-0.1, -0.05) is 0 Å². The van der Waals surface area contributed by atoms with Crippen LogP contribution in [0.25, 0.3) is 21.0 Å². The lowest BCUT2D eigenvalue weighted by Gasteiger charge is -2.03. The molecule has 0 aliphatic heterocycles. The van der Waals surface area contributed by atoms with E-state index in [2.05, 4.69) is 4.98 Å².